The Labute approximate surface area is 127 Å². The number of hydrazine groups is 1. The summed E-state index contributed by atoms with van der Waals surface area (Å²) >= 11 is 0. The molecule has 1 aromatic carbocycles. The Bertz CT molecular complexity index is 537. The van der Waals surface area contributed by atoms with Crippen LogP contribution in [0.4, 0.5) is 0 Å². The van der Waals surface area contributed by atoms with E-state index in [1.54, 1.807) is 0 Å². The molecule has 0 aliphatic carbocycles. The normalized spacial score (nSPS) is 12.6. The monoisotopic (exact) mass is 283 g/mol. The molecule has 2 rings (SSSR count). The molecule has 0 aliphatic heterocycles. The van der Waals surface area contributed by atoms with Crippen molar-refractivity contribution < 1.29 is 0 Å². The Morgan fingerprint density at radius 1 is 1.14 bits per heavy atom. The zero-order chi connectivity index (χ0) is 15.1. The fourth-order valence-electron chi connectivity index (χ4n) is 2.59. The molecular formula is C18H25N3. The second-order valence-electron chi connectivity index (χ2n) is 5.92. The fourth-order valence-corrected chi connectivity index (χ4v) is 2.59. The van der Waals surface area contributed by atoms with Gasteiger partial charge in [0.1, 0.15) is 0 Å². The smallest absolute Gasteiger partial charge is 0.0463 e. The van der Waals surface area contributed by atoms with Gasteiger partial charge in [0.15, 0.2) is 0 Å². The highest BCUT2D eigenvalue weighted by atomic mass is 15.2. The SMILES string of the molecule is CC(C)Cc1cccc(C(CCc2ccccn2)NN)c1. The quantitative estimate of drug-likeness (QED) is 0.605. The average Bonchev–Trinajstić information content (AvgIpc) is 2.49. The van der Waals surface area contributed by atoms with Crippen LogP contribution in [0.2, 0.25) is 0 Å². The lowest BCUT2D eigenvalue weighted by Crippen LogP contribution is -2.28. The molecule has 0 fully saturated rings. The molecular weight excluding hydrogens is 258 g/mol. The number of nitrogens with two attached hydrogens (primary N) is 1. The van der Waals surface area contributed by atoms with Gasteiger partial charge in [-0.15, -0.1) is 0 Å². The highest BCUT2D eigenvalue weighted by Crippen LogP contribution is 2.20. The number of hydrogen-bond acceptors (Lipinski definition) is 3. The third-order valence-corrected chi connectivity index (χ3v) is 3.61. The minimum absolute atomic E-state index is 0.166. The molecule has 112 valence electrons. The number of aromatic nitrogens is 1. The maximum atomic E-state index is 5.75. The van der Waals surface area contributed by atoms with E-state index in [1.807, 2.05) is 18.3 Å². The van der Waals surface area contributed by atoms with Crippen molar-refractivity contribution in [2.24, 2.45) is 11.8 Å². The fraction of sp³-hybridized carbons (Fsp3) is 0.389. The number of benzene rings is 1. The predicted molar refractivity (Wildman–Crippen MR) is 87.6 cm³/mol. The Hall–Kier alpha value is -1.71. The Balaban J connectivity index is 2.03. The van der Waals surface area contributed by atoms with Gasteiger partial charge < -0.3 is 0 Å². The molecule has 0 bridgehead atoms. The minimum Gasteiger partial charge on any atom is -0.271 e. The largest absolute Gasteiger partial charge is 0.271 e. The van der Waals surface area contributed by atoms with Crippen LogP contribution in [-0.4, -0.2) is 4.98 Å². The van der Waals surface area contributed by atoms with E-state index in [0.29, 0.717) is 5.92 Å². The van der Waals surface area contributed by atoms with Crippen LogP contribution < -0.4 is 11.3 Å². The van der Waals surface area contributed by atoms with Crippen LogP contribution in [0.25, 0.3) is 0 Å². The summed E-state index contributed by atoms with van der Waals surface area (Å²) in [5.74, 6) is 6.41. The summed E-state index contributed by atoms with van der Waals surface area (Å²) < 4.78 is 0. The van der Waals surface area contributed by atoms with Crippen molar-refractivity contribution in [1.29, 1.82) is 0 Å². The van der Waals surface area contributed by atoms with Gasteiger partial charge in [0.25, 0.3) is 0 Å². The number of hydrogen-bond donors (Lipinski definition) is 2. The first kappa shape index (κ1) is 15.7. The van der Waals surface area contributed by atoms with Crippen molar-refractivity contribution in [2.75, 3.05) is 0 Å². The van der Waals surface area contributed by atoms with Crippen molar-refractivity contribution in [3.8, 4) is 0 Å². The van der Waals surface area contributed by atoms with Gasteiger partial charge in [-0.25, -0.2) is 0 Å². The van der Waals surface area contributed by atoms with Gasteiger partial charge >= 0.3 is 0 Å². The zero-order valence-corrected chi connectivity index (χ0v) is 12.9. The molecule has 0 radical (unpaired) electrons. The van der Waals surface area contributed by atoms with Gasteiger partial charge in [-0.3, -0.25) is 16.3 Å². The number of pyridine rings is 1. The molecule has 1 aromatic heterocycles. The van der Waals surface area contributed by atoms with Crippen molar-refractivity contribution in [3.63, 3.8) is 0 Å². The Morgan fingerprint density at radius 2 is 2.00 bits per heavy atom. The van der Waals surface area contributed by atoms with E-state index < -0.39 is 0 Å². The molecule has 0 spiro atoms. The summed E-state index contributed by atoms with van der Waals surface area (Å²) in [4.78, 5) is 4.37. The van der Waals surface area contributed by atoms with Gasteiger partial charge in [-0.05, 0) is 48.4 Å². The van der Waals surface area contributed by atoms with Gasteiger partial charge in [-0.1, -0.05) is 44.2 Å². The molecule has 1 unspecified atom stereocenters. The van der Waals surface area contributed by atoms with E-state index in [9.17, 15) is 0 Å². The van der Waals surface area contributed by atoms with Crippen molar-refractivity contribution in [2.45, 2.75) is 39.2 Å². The molecule has 0 amide bonds. The average molecular weight is 283 g/mol. The lowest BCUT2D eigenvalue weighted by atomic mass is 9.96. The van der Waals surface area contributed by atoms with Crippen LogP contribution in [0.1, 0.15) is 43.1 Å². The van der Waals surface area contributed by atoms with E-state index in [-0.39, 0.29) is 6.04 Å². The van der Waals surface area contributed by atoms with Crippen molar-refractivity contribution in [1.82, 2.24) is 10.4 Å². The summed E-state index contributed by atoms with van der Waals surface area (Å²) in [5, 5.41) is 0. The summed E-state index contributed by atoms with van der Waals surface area (Å²) in [6.07, 6.45) is 4.80. The second kappa shape index (κ2) is 7.91. The molecule has 3 N–H and O–H groups in total. The van der Waals surface area contributed by atoms with Crippen LogP contribution >= 0.6 is 0 Å². The topological polar surface area (TPSA) is 50.9 Å². The first-order chi connectivity index (χ1) is 10.2. The minimum atomic E-state index is 0.166. The molecule has 0 aliphatic rings. The molecule has 0 saturated carbocycles. The first-order valence-corrected chi connectivity index (χ1v) is 7.64. The van der Waals surface area contributed by atoms with Crippen LogP contribution in [0.3, 0.4) is 0 Å². The number of rotatable bonds is 7. The molecule has 3 nitrogen and oxygen atoms in total. The summed E-state index contributed by atoms with van der Waals surface area (Å²) in [5.41, 5.74) is 6.68. The predicted octanol–water partition coefficient (Wildman–Crippen LogP) is 3.42. The highest BCUT2D eigenvalue weighted by molar-refractivity contribution is 5.26. The standard InChI is InChI=1S/C18H25N3/c1-14(2)12-15-6-5-7-16(13-15)18(21-19)10-9-17-8-3-4-11-20-17/h3-8,11,13-14,18,21H,9-10,12,19H2,1-2H3. The lowest BCUT2D eigenvalue weighted by Gasteiger charge is -2.17. The molecule has 0 saturated heterocycles. The number of aryl methyl sites for hydroxylation is 1. The van der Waals surface area contributed by atoms with Crippen molar-refractivity contribution in [3.05, 3.63) is 65.5 Å². The van der Waals surface area contributed by atoms with Crippen LogP contribution in [0.15, 0.2) is 48.7 Å². The molecule has 1 atom stereocenters. The Morgan fingerprint density at radius 3 is 2.67 bits per heavy atom. The van der Waals surface area contributed by atoms with Gasteiger partial charge in [0, 0.05) is 17.9 Å². The zero-order valence-electron chi connectivity index (χ0n) is 12.9. The van der Waals surface area contributed by atoms with Gasteiger partial charge in [-0.2, -0.15) is 0 Å². The van der Waals surface area contributed by atoms with E-state index in [4.69, 9.17) is 5.84 Å². The maximum absolute atomic E-state index is 5.75. The molecule has 21 heavy (non-hydrogen) atoms. The van der Waals surface area contributed by atoms with Crippen LogP contribution in [0, 0.1) is 5.92 Å². The third-order valence-electron chi connectivity index (χ3n) is 3.61. The summed E-state index contributed by atoms with van der Waals surface area (Å²) in [7, 11) is 0. The summed E-state index contributed by atoms with van der Waals surface area (Å²) in [6.45, 7) is 4.48. The molecule has 3 heteroatoms. The second-order valence-corrected chi connectivity index (χ2v) is 5.92. The lowest BCUT2D eigenvalue weighted by molar-refractivity contribution is 0.512. The summed E-state index contributed by atoms with van der Waals surface area (Å²) in [6, 6.07) is 14.9. The van der Waals surface area contributed by atoms with E-state index in [2.05, 4.69) is 54.6 Å². The Kier molecular flexibility index (Phi) is 5.90. The van der Waals surface area contributed by atoms with E-state index in [0.717, 1.165) is 25.0 Å². The third kappa shape index (κ3) is 4.96. The van der Waals surface area contributed by atoms with Crippen LogP contribution in [-0.2, 0) is 12.8 Å². The molecule has 2 aromatic rings. The maximum Gasteiger partial charge on any atom is 0.0463 e. The van der Waals surface area contributed by atoms with E-state index >= 15 is 0 Å². The van der Waals surface area contributed by atoms with Gasteiger partial charge in [0.2, 0.25) is 0 Å². The number of nitrogens with zero attached hydrogens (tertiary/aromatic N) is 1. The van der Waals surface area contributed by atoms with Gasteiger partial charge in [0.05, 0.1) is 0 Å². The number of nitrogens with one attached hydrogen (secondary N) is 1. The van der Waals surface area contributed by atoms with E-state index in [1.165, 1.54) is 11.1 Å². The van der Waals surface area contributed by atoms with Crippen molar-refractivity contribution >= 4 is 0 Å². The molecule has 1 heterocycles. The first-order valence-electron chi connectivity index (χ1n) is 7.64. The van der Waals surface area contributed by atoms with Crippen LogP contribution in [0.5, 0.6) is 0 Å². The highest BCUT2D eigenvalue weighted by Gasteiger charge is 2.11.